The fourth-order valence-corrected chi connectivity index (χ4v) is 0.973. The average Bonchev–Trinajstić information content (AvgIpc) is 2.16. The van der Waals surface area contributed by atoms with Crippen LogP contribution in [0.25, 0.3) is 0 Å². The Bertz CT molecular complexity index is 323. The van der Waals surface area contributed by atoms with Crippen LogP contribution in [0.5, 0.6) is 11.6 Å². The Kier molecular flexibility index (Phi) is 2.84. The monoisotopic (exact) mass is 181 g/mol. The molecule has 0 saturated heterocycles. The van der Waals surface area contributed by atoms with Crippen LogP contribution in [0.3, 0.4) is 0 Å². The van der Waals surface area contributed by atoms with Crippen molar-refractivity contribution >= 4 is 5.78 Å². The molecule has 0 amide bonds. The molecule has 0 saturated carbocycles. The van der Waals surface area contributed by atoms with E-state index in [4.69, 9.17) is 9.47 Å². The number of carbonyl (C=O) groups excluding carboxylic acids is 1. The Labute approximate surface area is 76.5 Å². The van der Waals surface area contributed by atoms with E-state index >= 15 is 0 Å². The molecule has 0 aliphatic carbocycles. The van der Waals surface area contributed by atoms with Gasteiger partial charge in [0.25, 0.3) is 0 Å². The van der Waals surface area contributed by atoms with Gasteiger partial charge in [-0.05, 0) is 6.92 Å². The minimum Gasteiger partial charge on any atom is -0.494 e. The number of aromatic nitrogens is 1. The van der Waals surface area contributed by atoms with Crippen molar-refractivity contribution in [3.63, 3.8) is 0 Å². The fraction of sp³-hybridized carbons (Fsp3) is 0.333. The maximum atomic E-state index is 11.1. The Morgan fingerprint density at radius 2 is 2.08 bits per heavy atom. The molecule has 0 atom stereocenters. The Hall–Kier alpha value is -1.58. The molecule has 0 N–H and O–H groups in total. The van der Waals surface area contributed by atoms with Gasteiger partial charge in [0.05, 0.1) is 26.0 Å². The van der Waals surface area contributed by atoms with E-state index in [1.807, 2.05) is 0 Å². The van der Waals surface area contributed by atoms with Crippen LogP contribution < -0.4 is 9.47 Å². The number of nitrogens with zero attached hydrogens (tertiary/aromatic N) is 1. The van der Waals surface area contributed by atoms with Crippen LogP contribution in [0.15, 0.2) is 12.3 Å². The summed E-state index contributed by atoms with van der Waals surface area (Å²) >= 11 is 0. The zero-order valence-corrected chi connectivity index (χ0v) is 7.83. The first-order valence-corrected chi connectivity index (χ1v) is 3.78. The molecule has 0 fully saturated rings. The molecular weight excluding hydrogens is 170 g/mol. The highest BCUT2D eigenvalue weighted by molar-refractivity contribution is 5.96. The summed E-state index contributed by atoms with van der Waals surface area (Å²) in [6.07, 6.45) is 1.47. The van der Waals surface area contributed by atoms with Crippen LogP contribution in [0.4, 0.5) is 0 Å². The summed E-state index contributed by atoms with van der Waals surface area (Å²) in [4.78, 5) is 15.0. The minimum atomic E-state index is -0.0717. The van der Waals surface area contributed by atoms with E-state index in [9.17, 15) is 4.79 Å². The Balaban J connectivity index is 3.18. The lowest BCUT2D eigenvalue weighted by Gasteiger charge is -2.06. The highest BCUT2D eigenvalue weighted by Crippen LogP contribution is 2.21. The van der Waals surface area contributed by atoms with Crippen LogP contribution in [0.2, 0.25) is 0 Å². The molecule has 4 heteroatoms. The summed E-state index contributed by atoms with van der Waals surface area (Å²) in [5.74, 6) is 0.803. The molecule has 4 nitrogen and oxygen atoms in total. The summed E-state index contributed by atoms with van der Waals surface area (Å²) in [6, 6.07) is 1.56. The van der Waals surface area contributed by atoms with Gasteiger partial charge in [0.15, 0.2) is 5.78 Å². The lowest BCUT2D eigenvalue weighted by Crippen LogP contribution is -1.99. The molecule has 0 spiro atoms. The summed E-state index contributed by atoms with van der Waals surface area (Å²) < 4.78 is 9.85. The fourth-order valence-electron chi connectivity index (χ4n) is 0.973. The molecule has 0 radical (unpaired) electrons. The number of carbonyl (C=O) groups is 1. The summed E-state index contributed by atoms with van der Waals surface area (Å²) in [6.45, 7) is 1.47. The molecule has 1 heterocycles. The first kappa shape index (κ1) is 9.51. The van der Waals surface area contributed by atoms with Crippen molar-refractivity contribution in [2.24, 2.45) is 0 Å². The van der Waals surface area contributed by atoms with Gasteiger partial charge in [-0.2, -0.15) is 0 Å². The van der Waals surface area contributed by atoms with Gasteiger partial charge in [0.2, 0.25) is 5.88 Å². The van der Waals surface area contributed by atoms with Gasteiger partial charge < -0.3 is 9.47 Å². The predicted molar refractivity (Wildman–Crippen MR) is 47.3 cm³/mol. The van der Waals surface area contributed by atoms with Crippen LogP contribution in [-0.4, -0.2) is 25.0 Å². The van der Waals surface area contributed by atoms with E-state index in [0.29, 0.717) is 17.2 Å². The van der Waals surface area contributed by atoms with Crippen LogP contribution in [0.1, 0.15) is 17.3 Å². The SMILES string of the molecule is COc1cc(C(C)=O)c(OC)cn1. The first-order chi connectivity index (χ1) is 6.19. The van der Waals surface area contributed by atoms with Crippen molar-refractivity contribution in [1.82, 2.24) is 4.98 Å². The lowest BCUT2D eigenvalue weighted by molar-refractivity contribution is 0.101. The van der Waals surface area contributed by atoms with Crippen LogP contribution in [0, 0.1) is 0 Å². The van der Waals surface area contributed by atoms with Crippen molar-refractivity contribution in [3.8, 4) is 11.6 Å². The topological polar surface area (TPSA) is 48.4 Å². The highest BCUT2D eigenvalue weighted by Gasteiger charge is 2.09. The number of hydrogen-bond donors (Lipinski definition) is 0. The second kappa shape index (κ2) is 3.89. The first-order valence-electron chi connectivity index (χ1n) is 3.78. The van der Waals surface area contributed by atoms with Crippen molar-refractivity contribution in [1.29, 1.82) is 0 Å². The quantitative estimate of drug-likeness (QED) is 0.659. The standard InChI is InChI=1S/C9H11NO3/c1-6(11)7-4-9(13-3)10-5-8(7)12-2/h4-5H,1-3H3. The molecule has 1 aromatic heterocycles. The summed E-state index contributed by atoms with van der Waals surface area (Å²) in [7, 11) is 2.99. The van der Waals surface area contributed by atoms with Crippen molar-refractivity contribution in [2.75, 3.05) is 14.2 Å². The van der Waals surface area contributed by atoms with Crippen molar-refractivity contribution in [2.45, 2.75) is 6.92 Å². The molecule has 1 aromatic rings. The Morgan fingerprint density at radius 3 is 2.54 bits per heavy atom. The number of ketones is 1. The van der Waals surface area contributed by atoms with Gasteiger partial charge >= 0.3 is 0 Å². The maximum absolute atomic E-state index is 11.1. The second-order valence-electron chi connectivity index (χ2n) is 2.48. The van der Waals surface area contributed by atoms with Gasteiger partial charge in [0.1, 0.15) is 5.75 Å². The molecule has 0 aliphatic heterocycles. The predicted octanol–water partition coefficient (Wildman–Crippen LogP) is 1.30. The molecular formula is C9H11NO3. The molecule has 13 heavy (non-hydrogen) atoms. The number of methoxy groups -OCH3 is 2. The van der Waals surface area contributed by atoms with Gasteiger partial charge in [0, 0.05) is 6.07 Å². The maximum Gasteiger partial charge on any atom is 0.213 e. The van der Waals surface area contributed by atoms with Crippen molar-refractivity contribution < 1.29 is 14.3 Å². The highest BCUT2D eigenvalue weighted by atomic mass is 16.5. The van der Waals surface area contributed by atoms with E-state index in [1.165, 1.54) is 27.3 Å². The van der Waals surface area contributed by atoms with Gasteiger partial charge in [-0.1, -0.05) is 0 Å². The second-order valence-corrected chi connectivity index (χ2v) is 2.48. The van der Waals surface area contributed by atoms with Gasteiger partial charge in [-0.3, -0.25) is 4.79 Å². The van der Waals surface area contributed by atoms with Crippen molar-refractivity contribution in [3.05, 3.63) is 17.8 Å². The molecule has 0 bridgehead atoms. The lowest BCUT2D eigenvalue weighted by atomic mass is 10.2. The van der Waals surface area contributed by atoms with E-state index in [1.54, 1.807) is 6.07 Å². The number of Topliss-reactive ketones (excluding diaryl/α,β-unsaturated/α-hetero) is 1. The molecule has 0 unspecified atom stereocenters. The Morgan fingerprint density at radius 1 is 1.38 bits per heavy atom. The zero-order valence-electron chi connectivity index (χ0n) is 7.83. The number of hydrogen-bond acceptors (Lipinski definition) is 4. The molecule has 0 aromatic carbocycles. The molecule has 70 valence electrons. The van der Waals surface area contributed by atoms with E-state index in [2.05, 4.69) is 4.98 Å². The normalized spacial score (nSPS) is 9.46. The number of ether oxygens (including phenoxy) is 2. The van der Waals surface area contributed by atoms with Crippen LogP contribution >= 0.6 is 0 Å². The third kappa shape index (κ3) is 1.96. The van der Waals surface area contributed by atoms with Crippen LogP contribution in [-0.2, 0) is 0 Å². The molecule has 0 aliphatic rings. The largest absolute Gasteiger partial charge is 0.494 e. The average molecular weight is 181 g/mol. The van der Waals surface area contributed by atoms with Gasteiger partial charge in [-0.25, -0.2) is 4.98 Å². The molecule has 1 rings (SSSR count). The minimum absolute atomic E-state index is 0.0717. The smallest absolute Gasteiger partial charge is 0.213 e. The summed E-state index contributed by atoms with van der Waals surface area (Å²) in [5, 5.41) is 0. The van der Waals surface area contributed by atoms with E-state index < -0.39 is 0 Å². The number of pyridine rings is 1. The summed E-state index contributed by atoms with van der Waals surface area (Å²) in [5.41, 5.74) is 0.481. The van der Waals surface area contributed by atoms with Gasteiger partial charge in [-0.15, -0.1) is 0 Å². The third-order valence-electron chi connectivity index (χ3n) is 1.65. The van der Waals surface area contributed by atoms with E-state index in [0.717, 1.165) is 0 Å². The van der Waals surface area contributed by atoms with E-state index in [-0.39, 0.29) is 5.78 Å². The number of rotatable bonds is 3. The third-order valence-corrected chi connectivity index (χ3v) is 1.65. The zero-order chi connectivity index (χ0) is 9.84.